The van der Waals surface area contributed by atoms with Gasteiger partial charge in [-0.1, -0.05) is 17.8 Å². The number of nitrogens with two attached hydrogens (primary N) is 1. The molecule has 1 aliphatic carbocycles. The number of benzene rings is 1. The summed E-state index contributed by atoms with van der Waals surface area (Å²) in [6.07, 6.45) is 2.67. The molecule has 20 heavy (non-hydrogen) atoms. The first-order chi connectivity index (χ1) is 9.81. The summed E-state index contributed by atoms with van der Waals surface area (Å²) >= 11 is 1.76. The summed E-state index contributed by atoms with van der Waals surface area (Å²) in [4.78, 5) is 0. The normalized spacial score (nSPS) is 14.5. The Labute approximate surface area is 122 Å². The highest BCUT2D eigenvalue weighted by atomic mass is 32.2. The fraction of sp³-hybridized carbons (Fsp3) is 0.429. The molecule has 1 saturated carbocycles. The predicted octanol–water partition coefficient (Wildman–Crippen LogP) is 2.24. The van der Waals surface area contributed by atoms with E-state index in [1.165, 1.54) is 12.8 Å². The van der Waals surface area contributed by atoms with Gasteiger partial charge < -0.3 is 10.5 Å². The zero-order valence-electron chi connectivity index (χ0n) is 11.5. The van der Waals surface area contributed by atoms with Crippen LogP contribution in [0.25, 0.3) is 5.69 Å². The molecule has 2 aromatic rings. The van der Waals surface area contributed by atoms with Gasteiger partial charge in [-0.3, -0.25) is 4.57 Å². The molecule has 3 rings (SSSR count). The third kappa shape index (κ3) is 2.81. The van der Waals surface area contributed by atoms with E-state index in [9.17, 15) is 0 Å². The lowest BCUT2D eigenvalue weighted by atomic mass is 10.3. The van der Waals surface area contributed by atoms with E-state index in [1.807, 2.05) is 28.8 Å². The summed E-state index contributed by atoms with van der Waals surface area (Å²) in [7, 11) is 1.66. The van der Waals surface area contributed by atoms with Crippen LogP contribution in [0, 0.1) is 5.92 Å². The van der Waals surface area contributed by atoms with Crippen LogP contribution in [0.1, 0.15) is 18.7 Å². The van der Waals surface area contributed by atoms with Gasteiger partial charge in [-0.05, 0) is 30.9 Å². The second-order valence-electron chi connectivity index (χ2n) is 4.89. The number of rotatable bonds is 6. The van der Waals surface area contributed by atoms with Crippen molar-refractivity contribution in [3.8, 4) is 11.4 Å². The standard InChI is InChI=1S/C14H18N4OS/c1-19-12-4-2-3-11(7-12)18-13(8-15)16-17-14(18)20-9-10-5-6-10/h2-4,7,10H,5-6,8-9,15H2,1H3. The Morgan fingerprint density at radius 1 is 1.40 bits per heavy atom. The summed E-state index contributed by atoms with van der Waals surface area (Å²) in [6, 6.07) is 7.88. The molecular weight excluding hydrogens is 272 g/mol. The molecule has 106 valence electrons. The maximum Gasteiger partial charge on any atom is 0.195 e. The van der Waals surface area contributed by atoms with Gasteiger partial charge in [-0.2, -0.15) is 0 Å². The maximum absolute atomic E-state index is 5.78. The highest BCUT2D eigenvalue weighted by Crippen LogP contribution is 2.35. The summed E-state index contributed by atoms with van der Waals surface area (Å²) in [5.41, 5.74) is 6.77. The van der Waals surface area contributed by atoms with Gasteiger partial charge in [0, 0.05) is 11.8 Å². The van der Waals surface area contributed by atoms with Crippen molar-refractivity contribution in [2.24, 2.45) is 11.7 Å². The Morgan fingerprint density at radius 2 is 2.25 bits per heavy atom. The van der Waals surface area contributed by atoms with Crippen molar-refractivity contribution in [2.75, 3.05) is 12.9 Å². The third-order valence-corrected chi connectivity index (χ3v) is 4.50. The Hall–Kier alpha value is -1.53. The quantitative estimate of drug-likeness (QED) is 0.826. The molecule has 1 aromatic heterocycles. The van der Waals surface area contributed by atoms with Crippen molar-refractivity contribution in [2.45, 2.75) is 24.5 Å². The van der Waals surface area contributed by atoms with Gasteiger partial charge in [0.25, 0.3) is 0 Å². The SMILES string of the molecule is COc1cccc(-n2c(CN)nnc2SCC2CC2)c1. The van der Waals surface area contributed by atoms with Crippen molar-refractivity contribution < 1.29 is 4.74 Å². The van der Waals surface area contributed by atoms with E-state index in [1.54, 1.807) is 18.9 Å². The van der Waals surface area contributed by atoms with Crippen LogP contribution in [0.3, 0.4) is 0 Å². The summed E-state index contributed by atoms with van der Waals surface area (Å²) < 4.78 is 7.31. The predicted molar refractivity (Wildman–Crippen MR) is 79.3 cm³/mol. The van der Waals surface area contributed by atoms with Gasteiger partial charge >= 0.3 is 0 Å². The lowest BCUT2D eigenvalue weighted by Gasteiger charge is -2.10. The van der Waals surface area contributed by atoms with Crippen LogP contribution in [0.5, 0.6) is 5.75 Å². The van der Waals surface area contributed by atoms with Gasteiger partial charge in [0.15, 0.2) is 11.0 Å². The van der Waals surface area contributed by atoms with Crippen LogP contribution in [0.4, 0.5) is 0 Å². The number of hydrogen-bond donors (Lipinski definition) is 1. The van der Waals surface area contributed by atoms with Crippen LogP contribution in [-0.4, -0.2) is 27.6 Å². The highest BCUT2D eigenvalue weighted by molar-refractivity contribution is 7.99. The van der Waals surface area contributed by atoms with E-state index < -0.39 is 0 Å². The molecule has 0 saturated heterocycles. The summed E-state index contributed by atoms with van der Waals surface area (Å²) in [6.45, 7) is 0.369. The lowest BCUT2D eigenvalue weighted by Crippen LogP contribution is -2.08. The summed E-state index contributed by atoms with van der Waals surface area (Å²) in [5.74, 6) is 3.54. The Balaban J connectivity index is 1.93. The average Bonchev–Trinajstić information content (AvgIpc) is 3.23. The second kappa shape index (κ2) is 5.85. The number of hydrogen-bond acceptors (Lipinski definition) is 5. The van der Waals surface area contributed by atoms with Crippen molar-refractivity contribution in [1.82, 2.24) is 14.8 Å². The molecule has 0 spiro atoms. The van der Waals surface area contributed by atoms with E-state index in [-0.39, 0.29) is 0 Å². The van der Waals surface area contributed by atoms with Crippen molar-refractivity contribution in [3.63, 3.8) is 0 Å². The van der Waals surface area contributed by atoms with E-state index in [4.69, 9.17) is 10.5 Å². The fourth-order valence-electron chi connectivity index (χ4n) is 2.01. The minimum absolute atomic E-state index is 0.369. The van der Waals surface area contributed by atoms with Crippen molar-refractivity contribution in [1.29, 1.82) is 0 Å². The number of thioether (sulfide) groups is 1. The van der Waals surface area contributed by atoms with E-state index in [0.29, 0.717) is 6.54 Å². The molecule has 1 heterocycles. The van der Waals surface area contributed by atoms with Crippen molar-refractivity contribution in [3.05, 3.63) is 30.1 Å². The van der Waals surface area contributed by atoms with Crippen LogP contribution in [-0.2, 0) is 6.54 Å². The molecule has 0 bridgehead atoms. The molecule has 1 aromatic carbocycles. The van der Waals surface area contributed by atoms with Crippen LogP contribution in [0.2, 0.25) is 0 Å². The monoisotopic (exact) mass is 290 g/mol. The highest BCUT2D eigenvalue weighted by Gasteiger charge is 2.23. The molecule has 6 heteroatoms. The van der Waals surface area contributed by atoms with Crippen molar-refractivity contribution >= 4 is 11.8 Å². The van der Waals surface area contributed by atoms with Gasteiger partial charge in [-0.15, -0.1) is 10.2 Å². The van der Waals surface area contributed by atoms with Gasteiger partial charge in [0.05, 0.1) is 19.3 Å². The molecular formula is C14H18N4OS. The number of ether oxygens (including phenoxy) is 1. The van der Waals surface area contributed by atoms with Crippen LogP contribution < -0.4 is 10.5 Å². The molecule has 0 atom stereocenters. The molecule has 0 aliphatic heterocycles. The van der Waals surface area contributed by atoms with Gasteiger partial charge in [-0.25, -0.2) is 0 Å². The van der Waals surface area contributed by atoms with E-state index in [2.05, 4.69) is 10.2 Å². The number of aromatic nitrogens is 3. The second-order valence-corrected chi connectivity index (χ2v) is 5.88. The third-order valence-electron chi connectivity index (χ3n) is 3.34. The first-order valence-electron chi connectivity index (χ1n) is 6.73. The largest absolute Gasteiger partial charge is 0.497 e. The lowest BCUT2D eigenvalue weighted by molar-refractivity contribution is 0.414. The average molecular weight is 290 g/mol. The van der Waals surface area contributed by atoms with E-state index in [0.717, 1.165) is 34.1 Å². The first kappa shape index (κ1) is 13.5. The Kier molecular flexibility index (Phi) is 3.93. The van der Waals surface area contributed by atoms with Crippen LogP contribution >= 0.6 is 11.8 Å². The molecule has 5 nitrogen and oxygen atoms in total. The number of nitrogens with zero attached hydrogens (tertiary/aromatic N) is 3. The smallest absolute Gasteiger partial charge is 0.195 e. The first-order valence-corrected chi connectivity index (χ1v) is 7.72. The molecule has 0 unspecified atom stereocenters. The summed E-state index contributed by atoms with van der Waals surface area (Å²) in [5, 5.41) is 9.37. The van der Waals surface area contributed by atoms with Gasteiger partial charge in [0.1, 0.15) is 5.75 Å². The molecule has 2 N–H and O–H groups in total. The molecule has 0 amide bonds. The minimum atomic E-state index is 0.369. The Morgan fingerprint density at radius 3 is 2.95 bits per heavy atom. The number of methoxy groups -OCH3 is 1. The molecule has 0 radical (unpaired) electrons. The molecule has 1 fully saturated rings. The molecule has 1 aliphatic rings. The van der Waals surface area contributed by atoms with E-state index >= 15 is 0 Å². The Bertz CT molecular complexity index is 595. The fourth-order valence-corrected chi connectivity index (χ4v) is 3.17. The maximum atomic E-state index is 5.78. The van der Waals surface area contributed by atoms with Gasteiger partial charge in [0.2, 0.25) is 0 Å². The zero-order valence-corrected chi connectivity index (χ0v) is 12.3. The zero-order chi connectivity index (χ0) is 13.9. The minimum Gasteiger partial charge on any atom is -0.497 e. The topological polar surface area (TPSA) is 66.0 Å². The van der Waals surface area contributed by atoms with Crippen LogP contribution in [0.15, 0.2) is 29.4 Å².